The van der Waals surface area contributed by atoms with E-state index in [4.69, 9.17) is 23.2 Å². The second-order valence-corrected chi connectivity index (χ2v) is 11.2. The Morgan fingerprint density at radius 2 is 1.44 bits per heavy atom. The Bertz CT molecular complexity index is 1590. The Kier molecular flexibility index (Phi) is 7.22. The lowest BCUT2D eigenvalue weighted by Gasteiger charge is -2.13. The van der Waals surface area contributed by atoms with Crippen LogP contribution >= 0.6 is 55.1 Å². The Morgan fingerprint density at radius 3 is 2.19 bits per heavy atom. The van der Waals surface area contributed by atoms with Crippen LogP contribution in [0.25, 0.3) is 22.2 Å². The summed E-state index contributed by atoms with van der Waals surface area (Å²) < 4.78 is 1.73. The molecule has 0 radical (unpaired) electrons. The molecule has 1 aromatic heterocycles. The average Bonchev–Trinajstić information content (AvgIpc) is 3.42. The Morgan fingerprint density at radius 1 is 0.750 bits per heavy atom. The molecule has 6 rings (SSSR count). The first-order chi connectivity index (χ1) is 17.3. The number of hydrogen-bond acceptors (Lipinski definition) is 3. The minimum atomic E-state index is 0.103. The van der Waals surface area contributed by atoms with Crippen LogP contribution in [-0.4, -0.2) is 15.2 Å². The van der Waals surface area contributed by atoms with Crippen molar-refractivity contribution in [2.75, 3.05) is 5.32 Å². The van der Waals surface area contributed by atoms with Crippen LogP contribution in [0.2, 0.25) is 10.0 Å². The number of rotatable bonds is 2. The van der Waals surface area contributed by atoms with E-state index in [1.54, 1.807) is 12.1 Å². The van der Waals surface area contributed by atoms with Gasteiger partial charge in [0.1, 0.15) is 11.5 Å². The van der Waals surface area contributed by atoms with Crippen LogP contribution in [-0.2, 0) is 6.42 Å². The van der Waals surface area contributed by atoms with Crippen molar-refractivity contribution in [2.24, 2.45) is 0 Å². The predicted octanol–water partition coefficient (Wildman–Crippen LogP) is 9.47. The second-order valence-electron chi connectivity index (χ2n) is 8.48. The maximum Gasteiger partial charge on any atom is 0.126 e. The summed E-state index contributed by atoms with van der Waals surface area (Å²) in [4.78, 5) is 3.27. The first kappa shape index (κ1) is 25.0. The van der Waals surface area contributed by atoms with Crippen molar-refractivity contribution < 1.29 is 10.2 Å². The normalized spacial score (nSPS) is 14.2. The summed E-state index contributed by atoms with van der Waals surface area (Å²) >= 11 is 18.6. The van der Waals surface area contributed by atoms with Crippen molar-refractivity contribution >= 4 is 71.7 Å². The van der Waals surface area contributed by atoms with Gasteiger partial charge in [0.25, 0.3) is 0 Å². The van der Waals surface area contributed by atoms with Gasteiger partial charge < -0.3 is 20.5 Å². The summed E-state index contributed by atoms with van der Waals surface area (Å²) in [5, 5.41) is 25.8. The molecule has 182 valence electrons. The van der Waals surface area contributed by atoms with E-state index >= 15 is 0 Å². The Balaban J connectivity index is 0.000000148. The number of anilines is 1. The van der Waals surface area contributed by atoms with Crippen LogP contribution in [0.3, 0.4) is 0 Å². The third-order valence-electron chi connectivity index (χ3n) is 6.02. The fourth-order valence-corrected chi connectivity index (χ4v) is 5.38. The first-order valence-corrected chi connectivity index (χ1v) is 13.4. The lowest BCUT2D eigenvalue weighted by molar-refractivity contribution is 0.464. The van der Waals surface area contributed by atoms with Crippen molar-refractivity contribution in [1.29, 1.82) is 0 Å². The monoisotopic (exact) mass is 644 g/mol. The van der Waals surface area contributed by atoms with Crippen molar-refractivity contribution in [3.63, 3.8) is 0 Å². The summed E-state index contributed by atoms with van der Waals surface area (Å²) in [6, 6.07) is 24.6. The Labute approximate surface area is 235 Å². The average molecular weight is 647 g/mol. The molecule has 0 amide bonds. The van der Waals surface area contributed by atoms with E-state index in [0.717, 1.165) is 53.8 Å². The third-order valence-corrected chi connectivity index (χ3v) is 7.48. The number of hydrogen-bond donors (Lipinski definition) is 4. The molecule has 2 heterocycles. The number of benzene rings is 4. The van der Waals surface area contributed by atoms with E-state index in [-0.39, 0.29) is 11.8 Å². The molecule has 0 saturated heterocycles. The predicted molar refractivity (Wildman–Crippen MR) is 155 cm³/mol. The zero-order chi connectivity index (χ0) is 25.4. The molecule has 5 aromatic rings. The standard InChI is InChI=1S/C14H11BrClNO.C14H9BrClNO/c2*15-9-1-3-11(14(18)7-9)13-6-8-5-10(16)2-4-12(8)17-13/h1-5,7,13,17-18H,6H2;1-7,17-18H. The fraction of sp³-hybridized carbons (Fsp3) is 0.0714. The molecule has 4 aromatic carbocycles. The number of H-pyrrole nitrogens is 1. The van der Waals surface area contributed by atoms with Gasteiger partial charge >= 0.3 is 0 Å². The lowest BCUT2D eigenvalue weighted by Crippen LogP contribution is -2.05. The summed E-state index contributed by atoms with van der Waals surface area (Å²) in [6.45, 7) is 0. The van der Waals surface area contributed by atoms with Crippen molar-refractivity contribution in [3.8, 4) is 22.8 Å². The largest absolute Gasteiger partial charge is 0.508 e. The highest BCUT2D eigenvalue weighted by atomic mass is 79.9. The van der Waals surface area contributed by atoms with Gasteiger partial charge in [-0.25, -0.2) is 0 Å². The molecule has 0 saturated carbocycles. The van der Waals surface area contributed by atoms with Crippen molar-refractivity contribution in [2.45, 2.75) is 12.5 Å². The molecule has 4 N–H and O–H groups in total. The highest BCUT2D eigenvalue weighted by molar-refractivity contribution is 9.10. The minimum absolute atomic E-state index is 0.103. The topological polar surface area (TPSA) is 68.3 Å². The summed E-state index contributed by atoms with van der Waals surface area (Å²) in [6.07, 6.45) is 0.838. The summed E-state index contributed by atoms with van der Waals surface area (Å²) in [7, 11) is 0. The molecule has 1 aliphatic heterocycles. The van der Waals surface area contributed by atoms with Gasteiger partial charge in [-0.2, -0.15) is 0 Å². The smallest absolute Gasteiger partial charge is 0.126 e. The molecule has 1 aliphatic rings. The molecule has 0 spiro atoms. The number of aromatic hydroxyl groups is 2. The molecule has 4 nitrogen and oxygen atoms in total. The maximum atomic E-state index is 9.99. The fourth-order valence-electron chi connectivity index (χ4n) is 4.31. The van der Waals surface area contributed by atoms with E-state index < -0.39 is 0 Å². The van der Waals surface area contributed by atoms with E-state index in [1.807, 2.05) is 66.7 Å². The van der Waals surface area contributed by atoms with Gasteiger partial charge in [0.2, 0.25) is 0 Å². The lowest BCUT2D eigenvalue weighted by atomic mass is 10.0. The van der Waals surface area contributed by atoms with Gasteiger partial charge in [0.05, 0.1) is 11.7 Å². The van der Waals surface area contributed by atoms with Crippen LogP contribution in [0, 0.1) is 0 Å². The van der Waals surface area contributed by atoms with Crippen LogP contribution in [0.1, 0.15) is 17.2 Å². The van der Waals surface area contributed by atoms with Gasteiger partial charge in [-0.1, -0.05) is 61.1 Å². The zero-order valence-electron chi connectivity index (χ0n) is 18.7. The zero-order valence-corrected chi connectivity index (χ0v) is 23.4. The maximum absolute atomic E-state index is 9.99. The molecule has 8 heteroatoms. The number of nitrogens with one attached hydrogen (secondary N) is 2. The van der Waals surface area contributed by atoms with E-state index in [9.17, 15) is 10.2 Å². The van der Waals surface area contributed by atoms with Crippen LogP contribution in [0.5, 0.6) is 11.5 Å². The molecule has 36 heavy (non-hydrogen) atoms. The van der Waals surface area contributed by atoms with E-state index in [2.05, 4.69) is 42.2 Å². The minimum Gasteiger partial charge on any atom is -0.508 e. The Hall–Kier alpha value is -2.64. The van der Waals surface area contributed by atoms with Crippen molar-refractivity contribution in [3.05, 3.63) is 109 Å². The number of aromatic amines is 1. The SMILES string of the molecule is Oc1cc(Br)ccc1-c1cc2cc(Cl)ccc2[nH]1.Oc1cc(Br)ccc1C1Cc2cc(Cl)ccc2N1. The third kappa shape index (κ3) is 5.37. The molecule has 0 fully saturated rings. The van der Waals surface area contributed by atoms with Crippen LogP contribution < -0.4 is 5.32 Å². The number of fused-ring (bicyclic) bond motifs is 2. The summed E-state index contributed by atoms with van der Waals surface area (Å²) in [5.74, 6) is 0.544. The molecule has 0 aliphatic carbocycles. The second kappa shape index (κ2) is 10.4. The molecular formula is C28H20Br2Cl2N2O2. The van der Waals surface area contributed by atoms with Crippen molar-refractivity contribution in [1.82, 2.24) is 4.98 Å². The quantitative estimate of drug-likeness (QED) is 0.154. The number of halogens is 4. The van der Waals surface area contributed by atoms with Crippen LogP contribution in [0.4, 0.5) is 5.69 Å². The van der Waals surface area contributed by atoms with Gasteiger partial charge in [-0.15, -0.1) is 0 Å². The van der Waals surface area contributed by atoms with Gasteiger partial charge in [0.15, 0.2) is 0 Å². The summed E-state index contributed by atoms with van der Waals surface area (Å²) in [5.41, 5.74) is 5.83. The molecular weight excluding hydrogens is 627 g/mol. The number of phenolic OH excluding ortho intramolecular Hbond substituents is 2. The van der Waals surface area contributed by atoms with E-state index in [0.29, 0.717) is 10.8 Å². The van der Waals surface area contributed by atoms with E-state index in [1.165, 1.54) is 5.56 Å². The first-order valence-electron chi connectivity index (χ1n) is 11.1. The molecule has 1 atom stereocenters. The molecule has 1 unspecified atom stereocenters. The van der Waals surface area contributed by atoms with Crippen LogP contribution in [0.15, 0.2) is 87.8 Å². The van der Waals surface area contributed by atoms with Gasteiger partial charge in [-0.05, 0) is 84.8 Å². The highest BCUT2D eigenvalue weighted by Crippen LogP contribution is 2.39. The number of phenols is 2. The highest BCUT2D eigenvalue weighted by Gasteiger charge is 2.24. The molecule has 0 bridgehead atoms. The van der Waals surface area contributed by atoms with Gasteiger partial charge in [-0.3, -0.25) is 0 Å². The van der Waals surface area contributed by atoms with Gasteiger partial charge in [0, 0.05) is 46.7 Å². The number of aromatic nitrogens is 1.